The van der Waals surface area contributed by atoms with Gasteiger partial charge in [-0.3, -0.25) is 4.79 Å². The van der Waals surface area contributed by atoms with Crippen LogP contribution in [0.3, 0.4) is 0 Å². The predicted octanol–water partition coefficient (Wildman–Crippen LogP) is 1.90. The standard InChI is InChI=1S/C15H20N2O/c1-2-13-5-3-4-6-14(13)15(18)17-11-12-7-9-16-10-8-12/h3-7,16H,2,8-11H2,1H3,(H,17,18). The molecule has 1 aromatic rings. The average molecular weight is 244 g/mol. The zero-order valence-corrected chi connectivity index (χ0v) is 10.8. The summed E-state index contributed by atoms with van der Waals surface area (Å²) in [6, 6.07) is 7.80. The van der Waals surface area contributed by atoms with Gasteiger partial charge in [-0.15, -0.1) is 0 Å². The van der Waals surface area contributed by atoms with Crippen molar-refractivity contribution in [2.75, 3.05) is 19.6 Å². The lowest BCUT2D eigenvalue weighted by Gasteiger charge is -2.15. The molecule has 0 aliphatic carbocycles. The number of aryl methyl sites for hydroxylation is 1. The third kappa shape index (κ3) is 3.20. The SMILES string of the molecule is CCc1ccccc1C(=O)NCC1=CCNCC1. The molecular formula is C15H20N2O. The summed E-state index contributed by atoms with van der Waals surface area (Å²) in [5, 5.41) is 6.27. The summed E-state index contributed by atoms with van der Waals surface area (Å²) in [5.41, 5.74) is 3.22. The van der Waals surface area contributed by atoms with Crippen molar-refractivity contribution in [2.24, 2.45) is 0 Å². The van der Waals surface area contributed by atoms with Crippen LogP contribution < -0.4 is 10.6 Å². The van der Waals surface area contributed by atoms with Crippen molar-refractivity contribution >= 4 is 5.91 Å². The molecule has 96 valence electrons. The molecule has 2 rings (SSSR count). The zero-order chi connectivity index (χ0) is 12.8. The van der Waals surface area contributed by atoms with Crippen LogP contribution in [0.4, 0.5) is 0 Å². The fraction of sp³-hybridized carbons (Fsp3) is 0.400. The van der Waals surface area contributed by atoms with Crippen LogP contribution in [0.1, 0.15) is 29.3 Å². The number of nitrogens with one attached hydrogen (secondary N) is 2. The van der Waals surface area contributed by atoms with Gasteiger partial charge in [0.25, 0.3) is 5.91 Å². The molecule has 1 heterocycles. The fourth-order valence-corrected chi connectivity index (χ4v) is 2.17. The zero-order valence-electron chi connectivity index (χ0n) is 10.8. The van der Waals surface area contributed by atoms with E-state index in [0.29, 0.717) is 6.54 Å². The average Bonchev–Trinajstić information content (AvgIpc) is 2.45. The third-order valence-corrected chi connectivity index (χ3v) is 3.28. The van der Waals surface area contributed by atoms with Gasteiger partial charge in [0.15, 0.2) is 0 Å². The molecule has 0 fully saturated rings. The van der Waals surface area contributed by atoms with Crippen molar-refractivity contribution in [3.8, 4) is 0 Å². The van der Waals surface area contributed by atoms with E-state index in [-0.39, 0.29) is 5.91 Å². The Morgan fingerprint density at radius 2 is 2.22 bits per heavy atom. The summed E-state index contributed by atoms with van der Waals surface area (Å²) >= 11 is 0. The maximum atomic E-state index is 12.1. The van der Waals surface area contributed by atoms with Crippen LogP contribution in [0.25, 0.3) is 0 Å². The van der Waals surface area contributed by atoms with Gasteiger partial charge in [-0.1, -0.05) is 36.8 Å². The highest BCUT2D eigenvalue weighted by Crippen LogP contribution is 2.10. The molecule has 0 atom stereocenters. The molecule has 0 radical (unpaired) electrons. The summed E-state index contributed by atoms with van der Waals surface area (Å²) in [4.78, 5) is 12.1. The highest BCUT2D eigenvalue weighted by molar-refractivity contribution is 5.95. The first-order valence-electron chi connectivity index (χ1n) is 6.56. The highest BCUT2D eigenvalue weighted by Gasteiger charge is 2.10. The van der Waals surface area contributed by atoms with E-state index in [4.69, 9.17) is 0 Å². The summed E-state index contributed by atoms with van der Waals surface area (Å²) in [6.45, 7) is 4.66. The summed E-state index contributed by atoms with van der Waals surface area (Å²) < 4.78 is 0. The van der Waals surface area contributed by atoms with Gasteiger partial charge in [-0.2, -0.15) is 0 Å². The molecule has 1 aromatic carbocycles. The Bertz CT molecular complexity index is 452. The van der Waals surface area contributed by atoms with Crippen molar-refractivity contribution < 1.29 is 4.79 Å². The van der Waals surface area contributed by atoms with Gasteiger partial charge in [0.2, 0.25) is 0 Å². The Morgan fingerprint density at radius 3 is 2.94 bits per heavy atom. The molecule has 1 amide bonds. The molecule has 0 saturated heterocycles. The van der Waals surface area contributed by atoms with Crippen molar-refractivity contribution in [3.05, 3.63) is 47.0 Å². The Hall–Kier alpha value is -1.61. The van der Waals surface area contributed by atoms with E-state index in [9.17, 15) is 4.79 Å². The molecule has 1 aliphatic heterocycles. The van der Waals surface area contributed by atoms with E-state index in [1.807, 2.05) is 24.3 Å². The van der Waals surface area contributed by atoms with Crippen LogP contribution in [0.15, 0.2) is 35.9 Å². The Kier molecular flexibility index (Phi) is 4.53. The number of carbonyl (C=O) groups is 1. The first kappa shape index (κ1) is 12.8. The summed E-state index contributed by atoms with van der Waals surface area (Å²) in [7, 11) is 0. The number of hydrogen-bond donors (Lipinski definition) is 2. The second-order valence-electron chi connectivity index (χ2n) is 4.51. The number of rotatable bonds is 4. The lowest BCUT2D eigenvalue weighted by molar-refractivity contribution is 0.0955. The van der Waals surface area contributed by atoms with Gasteiger partial charge in [0, 0.05) is 18.7 Å². The molecule has 1 aliphatic rings. The first-order valence-corrected chi connectivity index (χ1v) is 6.56. The first-order chi connectivity index (χ1) is 8.81. The molecule has 0 bridgehead atoms. The largest absolute Gasteiger partial charge is 0.348 e. The molecule has 0 spiro atoms. The van der Waals surface area contributed by atoms with E-state index in [1.165, 1.54) is 5.57 Å². The lowest BCUT2D eigenvalue weighted by Crippen LogP contribution is -2.30. The van der Waals surface area contributed by atoms with Crippen LogP contribution in [0.2, 0.25) is 0 Å². The normalized spacial score (nSPS) is 15.1. The van der Waals surface area contributed by atoms with Gasteiger partial charge in [-0.25, -0.2) is 0 Å². The van der Waals surface area contributed by atoms with Crippen LogP contribution in [0, 0.1) is 0 Å². The highest BCUT2D eigenvalue weighted by atomic mass is 16.1. The third-order valence-electron chi connectivity index (χ3n) is 3.28. The minimum absolute atomic E-state index is 0.0342. The molecule has 3 heteroatoms. The van der Waals surface area contributed by atoms with Crippen LogP contribution >= 0.6 is 0 Å². The number of hydrogen-bond acceptors (Lipinski definition) is 2. The lowest BCUT2D eigenvalue weighted by atomic mass is 10.0. The Balaban J connectivity index is 1.97. The number of amides is 1. The Morgan fingerprint density at radius 1 is 1.39 bits per heavy atom. The van der Waals surface area contributed by atoms with Crippen molar-refractivity contribution in [1.82, 2.24) is 10.6 Å². The second kappa shape index (κ2) is 6.36. The van der Waals surface area contributed by atoms with Crippen molar-refractivity contribution in [2.45, 2.75) is 19.8 Å². The van der Waals surface area contributed by atoms with Crippen molar-refractivity contribution in [3.63, 3.8) is 0 Å². The monoisotopic (exact) mass is 244 g/mol. The van der Waals surface area contributed by atoms with E-state index >= 15 is 0 Å². The molecule has 0 saturated carbocycles. The molecule has 2 N–H and O–H groups in total. The van der Waals surface area contributed by atoms with E-state index in [1.54, 1.807) is 0 Å². The van der Waals surface area contributed by atoms with Gasteiger partial charge in [0.1, 0.15) is 0 Å². The van der Waals surface area contributed by atoms with Crippen LogP contribution in [0.5, 0.6) is 0 Å². The molecule has 18 heavy (non-hydrogen) atoms. The quantitative estimate of drug-likeness (QED) is 0.794. The van der Waals surface area contributed by atoms with E-state index < -0.39 is 0 Å². The summed E-state index contributed by atoms with van der Waals surface area (Å²) in [6.07, 6.45) is 4.07. The minimum Gasteiger partial charge on any atom is -0.348 e. The van der Waals surface area contributed by atoms with Gasteiger partial charge >= 0.3 is 0 Å². The summed E-state index contributed by atoms with van der Waals surface area (Å²) in [5.74, 6) is 0.0342. The number of benzene rings is 1. The second-order valence-corrected chi connectivity index (χ2v) is 4.51. The smallest absolute Gasteiger partial charge is 0.251 e. The number of carbonyl (C=O) groups excluding carboxylic acids is 1. The fourth-order valence-electron chi connectivity index (χ4n) is 2.17. The van der Waals surface area contributed by atoms with E-state index in [0.717, 1.165) is 37.1 Å². The molecule has 3 nitrogen and oxygen atoms in total. The van der Waals surface area contributed by atoms with Gasteiger partial charge in [-0.05, 0) is 31.0 Å². The van der Waals surface area contributed by atoms with Gasteiger partial charge in [0.05, 0.1) is 0 Å². The predicted molar refractivity (Wildman–Crippen MR) is 73.7 cm³/mol. The minimum atomic E-state index is 0.0342. The Labute approximate surface area is 108 Å². The molecule has 0 unspecified atom stereocenters. The van der Waals surface area contributed by atoms with Crippen LogP contribution in [-0.4, -0.2) is 25.5 Å². The van der Waals surface area contributed by atoms with Crippen LogP contribution in [-0.2, 0) is 6.42 Å². The van der Waals surface area contributed by atoms with Gasteiger partial charge < -0.3 is 10.6 Å². The maximum absolute atomic E-state index is 12.1. The topological polar surface area (TPSA) is 41.1 Å². The molecule has 0 aromatic heterocycles. The van der Waals surface area contributed by atoms with E-state index in [2.05, 4.69) is 23.6 Å². The maximum Gasteiger partial charge on any atom is 0.251 e. The molecular weight excluding hydrogens is 224 g/mol. The van der Waals surface area contributed by atoms with Crippen molar-refractivity contribution in [1.29, 1.82) is 0 Å².